The summed E-state index contributed by atoms with van der Waals surface area (Å²) in [5.74, 6) is 0.692. The number of sulfonamides is 1. The van der Waals surface area contributed by atoms with Crippen molar-refractivity contribution in [3.8, 4) is 0 Å². The molecule has 0 spiro atoms. The molecule has 1 heterocycles. The van der Waals surface area contributed by atoms with E-state index in [0.29, 0.717) is 12.5 Å². The molecule has 5 nitrogen and oxygen atoms in total. The molecule has 3 N–H and O–H groups in total. The first-order valence-electron chi connectivity index (χ1n) is 7.15. The third kappa shape index (κ3) is 3.37. The van der Waals surface area contributed by atoms with E-state index in [1.54, 1.807) is 18.3 Å². The minimum Gasteiger partial charge on any atom is -0.329 e. The Morgan fingerprint density at radius 3 is 2.65 bits per heavy atom. The van der Waals surface area contributed by atoms with Crippen LogP contribution in [0.5, 0.6) is 0 Å². The first-order chi connectivity index (χ1) is 9.51. The monoisotopic (exact) mass is 297 g/mol. The third-order valence-electron chi connectivity index (χ3n) is 4.33. The quantitative estimate of drug-likeness (QED) is 0.865. The van der Waals surface area contributed by atoms with E-state index in [4.69, 9.17) is 5.73 Å². The molecule has 2 rings (SSSR count). The Morgan fingerprint density at radius 2 is 2.15 bits per heavy atom. The van der Waals surface area contributed by atoms with Gasteiger partial charge in [-0.25, -0.2) is 13.1 Å². The zero-order valence-electron chi connectivity index (χ0n) is 11.9. The highest BCUT2D eigenvalue weighted by atomic mass is 32.2. The van der Waals surface area contributed by atoms with E-state index in [9.17, 15) is 8.42 Å². The van der Waals surface area contributed by atoms with Crippen LogP contribution in [-0.2, 0) is 10.0 Å². The lowest BCUT2D eigenvalue weighted by Gasteiger charge is -2.39. The van der Waals surface area contributed by atoms with Gasteiger partial charge < -0.3 is 5.73 Å². The molecule has 0 atom stereocenters. The van der Waals surface area contributed by atoms with Crippen LogP contribution < -0.4 is 10.5 Å². The molecule has 1 saturated carbocycles. The van der Waals surface area contributed by atoms with Crippen molar-refractivity contribution in [2.45, 2.75) is 49.5 Å². The first kappa shape index (κ1) is 15.4. The van der Waals surface area contributed by atoms with Gasteiger partial charge in [0, 0.05) is 24.5 Å². The molecule has 0 radical (unpaired) electrons. The smallest absolute Gasteiger partial charge is 0.242 e. The maximum atomic E-state index is 12.4. The van der Waals surface area contributed by atoms with Gasteiger partial charge in [-0.3, -0.25) is 4.98 Å². The Morgan fingerprint density at radius 1 is 1.45 bits per heavy atom. The highest BCUT2D eigenvalue weighted by Crippen LogP contribution is 2.34. The van der Waals surface area contributed by atoms with Crippen LogP contribution in [0.1, 0.15) is 39.0 Å². The highest BCUT2D eigenvalue weighted by molar-refractivity contribution is 7.89. The second-order valence-corrected chi connectivity index (χ2v) is 7.31. The topological polar surface area (TPSA) is 85.1 Å². The van der Waals surface area contributed by atoms with Crippen LogP contribution in [-0.4, -0.2) is 25.5 Å². The van der Waals surface area contributed by atoms with Crippen molar-refractivity contribution < 1.29 is 8.42 Å². The molecule has 1 aromatic heterocycles. The molecule has 1 aromatic rings. The van der Waals surface area contributed by atoms with Crippen LogP contribution in [0, 0.1) is 5.92 Å². The molecule has 0 unspecified atom stereocenters. The number of pyridine rings is 1. The molecular formula is C14H23N3O2S. The number of hydrogen-bond donors (Lipinski definition) is 2. The van der Waals surface area contributed by atoms with Crippen molar-refractivity contribution in [1.82, 2.24) is 9.71 Å². The van der Waals surface area contributed by atoms with Crippen LogP contribution in [0.3, 0.4) is 0 Å². The second-order valence-electron chi connectivity index (χ2n) is 5.63. The molecule has 1 aliphatic carbocycles. The molecule has 112 valence electrons. The van der Waals surface area contributed by atoms with E-state index < -0.39 is 15.6 Å². The SMILES string of the molecule is CCC1CCC(CN)(NS(=O)(=O)c2cccnc2)CC1. The van der Waals surface area contributed by atoms with E-state index in [1.807, 2.05) is 0 Å². The van der Waals surface area contributed by atoms with Gasteiger partial charge >= 0.3 is 0 Å². The van der Waals surface area contributed by atoms with Gasteiger partial charge in [-0.05, 0) is 43.7 Å². The average Bonchev–Trinajstić information content (AvgIpc) is 2.48. The summed E-state index contributed by atoms with van der Waals surface area (Å²) in [6, 6.07) is 3.18. The Bertz CT molecular complexity index is 523. The summed E-state index contributed by atoms with van der Waals surface area (Å²) in [7, 11) is -3.55. The molecule has 1 fully saturated rings. The fraction of sp³-hybridized carbons (Fsp3) is 0.643. The van der Waals surface area contributed by atoms with Crippen molar-refractivity contribution in [3.05, 3.63) is 24.5 Å². The third-order valence-corrected chi connectivity index (χ3v) is 5.89. The van der Waals surface area contributed by atoms with Gasteiger partial charge in [0.1, 0.15) is 4.90 Å². The van der Waals surface area contributed by atoms with Crippen LogP contribution in [0.15, 0.2) is 29.4 Å². The molecule has 0 aromatic carbocycles. The van der Waals surface area contributed by atoms with E-state index in [0.717, 1.165) is 32.1 Å². The summed E-state index contributed by atoms with van der Waals surface area (Å²) in [5, 5.41) is 0. The molecular weight excluding hydrogens is 274 g/mol. The number of aromatic nitrogens is 1. The van der Waals surface area contributed by atoms with Crippen molar-refractivity contribution in [3.63, 3.8) is 0 Å². The van der Waals surface area contributed by atoms with E-state index in [1.165, 1.54) is 6.20 Å². The fourth-order valence-electron chi connectivity index (χ4n) is 2.84. The predicted octanol–water partition coefficient (Wildman–Crippen LogP) is 1.66. The molecule has 0 bridgehead atoms. The van der Waals surface area contributed by atoms with E-state index in [-0.39, 0.29) is 4.90 Å². The highest BCUT2D eigenvalue weighted by Gasteiger charge is 2.37. The van der Waals surface area contributed by atoms with Gasteiger partial charge in [-0.2, -0.15) is 0 Å². The Balaban J connectivity index is 2.15. The summed E-state index contributed by atoms with van der Waals surface area (Å²) < 4.78 is 27.6. The van der Waals surface area contributed by atoms with Crippen LogP contribution in [0.2, 0.25) is 0 Å². The minimum absolute atomic E-state index is 0.199. The van der Waals surface area contributed by atoms with Crippen molar-refractivity contribution in [2.75, 3.05) is 6.54 Å². The van der Waals surface area contributed by atoms with Gasteiger partial charge in [0.2, 0.25) is 10.0 Å². The van der Waals surface area contributed by atoms with Crippen molar-refractivity contribution >= 4 is 10.0 Å². The van der Waals surface area contributed by atoms with E-state index in [2.05, 4.69) is 16.6 Å². The predicted molar refractivity (Wildman–Crippen MR) is 78.6 cm³/mol. The average molecular weight is 297 g/mol. The van der Waals surface area contributed by atoms with E-state index >= 15 is 0 Å². The van der Waals surface area contributed by atoms with Crippen LogP contribution in [0.25, 0.3) is 0 Å². The van der Waals surface area contributed by atoms with Gasteiger partial charge in [-0.1, -0.05) is 13.3 Å². The lowest BCUT2D eigenvalue weighted by Crippen LogP contribution is -2.55. The maximum absolute atomic E-state index is 12.4. The molecule has 1 aliphatic rings. The summed E-state index contributed by atoms with van der Waals surface area (Å²) in [5.41, 5.74) is 5.37. The standard InChI is InChI=1S/C14H23N3O2S/c1-2-12-5-7-14(11-15,8-6-12)17-20(18,19)13-4-3-9-16-10-13/h3-4,9-10,12,17H,2,5-8,11,15H2,1H3. The normalized spacial score (nSPS) is 27.4. The summed E-state index contributed by atoms with van der Waals surface area (Å²) in [6.07, 6.45) is 7.75. The zero-order chi connectivity index (χ0) is 14.6. The minimum atomic E-state index is -3.55. The lowest BCUT2D eigenvalue weighted by molar-refractivity contribution is 0.217. The maximum Gasteiger partial charge on any atom is 0.242 e. The van der Waals surface area contributed by atoms with Crippen molar-refractivity contribution in [1.29, 1.82) is 0 Å². The Hall–Kier alpha value is -0.980. The number of nitrogens with zero attached hydrogens (tertiary/aromatic N) is 1. The van der Waals surface area contributed by atoms with Crippen molar-refractivity contribution in [2.24, 2.45) is 11.7 Å². The zero-order valence-corrected chi connectivity index (χ0v) is 12.7. The number of rotatable bonds is 5. The summed E-state index contributed by atoms with van der Waals surface area (Å²) >= 11 is 0. The van der Waals surface area contributed by atoms with Gasteiger partial charge in [0.25, 0.3) is 0 Å². The fourth-order valence-corrected chi connectivity index (χ4v) is 4.27. The Labute approximate surface area is 121 Å². The molecule has 20 heavy (non-hydrogen) atoms. The largest absolute Gasteiger partial charge is 0.329 e. The number of hydrogen-bond acceptors (Lipinski definition) is 4. The van der Waals surface area contributed by atoms with Crippen LogP contribution in [0.4, 0.5) is 0 Å². The number of nitrogens with two attached hydrogens (primary N) is 1. The van der Waals surface area contributed by atoms with Crippen LogP contribution >= 0.6 is 0 Å². The first-order valence-corrected chi connectivity index (χ1v) is 8.64. The molecule has 0 aliphatic heterocycles. The molecule has 0 saturated heterocycles. The van der Waals surface area contributed by atoms with Gasteiger partial charge in [0.05, 0.1) is 0 Å². The van der Waals surface area contributed by atoms with Gasteiger partial charge in [0.15, 0.2) is 0 Å². The van der Waals surface area contributed by atoms with Gasteiger partial charge in [-0.15, -0.1) is 0 Å². The molecule has 0 amide bonds. The molecule has 6 heteroatoms. The summed E-state index contributed by atoms with van der Waals surface area (Å²) in [4.78, 5) is 4.07. The second kappa shape index (κ2) is 6.20. The Kier molecular flexibility index (Phi) is 4.78. The lowest BCUT2D eigenvalue weighted by atomic mass is 9.76. The summed E-state index contributed by atoms with van der Waals surface area (Å²) in [6.45, 7) is 2.52. The number of nitrogens with one attached hydrogen (secondary N) is 1.